The zero-order chi connectivity index (χ0) is 6.53. The van der Waals surface area contributed by atoms with Crippen molar-refractivity contribution < 1.29 is 0 Å². The fraction of sp³-hybridized carbons (Fsp3) is 0.750. The first-order valence-electron chi connectivity index (χ1n) is 3.69. The van der Waals surface area contributed by atoms with Crippen LogP contribution in [0.3, 0.4) is 0 Å². The summed E-state index contributed by atoms with van der Waals surface area (Å²) in [4.78, 5) is 0. The second-order valence-corrected chi connectivity index (χ2v) is 2.52. The van der Waals surface area contributed by atoms with Crippen molar-refractivity contribution >= 4 is 0 Å². The van der Waals surface area contributed by atoms with Gasteiger partial charge in [0.2, 0.25) is 0 Å². The molecule has 0 spiro atoms. The molecule has 1 aliphatic heterocycles. The molecule has 0 bridgehead atoms. The van der Waals surface area contributed by atoms with Crippen LogP contribution >= 0.6 is 0 Å². The summed E-state index contributed by atoms with van der Waals surface area (Å²) in [6, 6.07) is 0. The molecular weight excluding hydrogens is 110 g/mol. The highest BCUT2D eigenvalue weighted by Gasteiger charge is 2.07. The Hall–Kier alpha value is -0.170. The molecule has 1 heterocycles. The van der Waals surface area contributed by atoms with Gasteiger partial charge >= 0.3 is 0 Å². The Bertz CT molecular complexity index is 62.2. The van der Waals surface area contributed by atoms with E-state index in [-0.39, 0.29) is 0 Å². The topological polar surface area (TPSA) is 14.1 Å². The van der Waals surface area contributed by atoms with E-state index in [1.54, 1.807) is 5.92 Å². The van der Waals surface area contributed by atoms with Crippen LogP contribution < -0.4 is 0 Å². The van der Waals surface area contributed by atoms with Crippen molar-refractivity contribution in [3.8, 4) is 0 Å². The quantitative estimate of drug-likeness (QED) is 0.502. The van der Waals surface area contributed by atoms with E-state index >= 15 is 0 Å². The zero-order valence-electron chi connectivity index (χ0n) is 5.90. The number of rotatable bonds is 2. The van der Waals surface area contributed by atoms with Gasteiger partial charge in [0.1, 0.15) is 0 Å². The Morgan fingerprint density at radius 2 is 2.00 bits per heavy atom. The average molecular weight is 124 g/mol. The van der Waals surface area contributed by atoms with E-state index in [1.165, 1.54) is 19.3 Å². The maximum absolute atomic E-state index is 4.27. The van der Waals surface area contributed by atoms with Gasteiger partial charge < -0.3 is 5.32 Å². The Labute approximate surface area is 57.8 Å². The van der Waals surface area contributed by atoms with Crippen LogP contribution in [0.1, 0.15) is 25.7 Å². The normalized spacial score (nSPS) is 22.2. The molecule has 51 valence electrons. The van der Waals surface area contributed by atoms with Crippen molar-refractivity contribution in [2.75, 3.05) is 13.1 Å². The third-order valence-corrected chi connectivity index (χ3v) is 1.78. The standard InChI is InChI=1S/C8H14N/c1-2-3-8-4-6-9-7-5-8/h1-7H2. The summed E-state index contributed by atoms with van der Waals surface area (Å²) >= 11 is 0. The summed E-state index contributed by atoms with van der Waals surface area (Å²) in [6.45, 7) is 5.96. The molecule has 0 unspecified atom stereocenters. The lowest BCUT2D eigenvalue weighted by molar-refractivity contribution is 0.641. The highest BCUT2D eigenvalue weighted by atomic mass is 14.9. The second kappa shape index (κ2) is 3.78. The van der Waals surface area contributed by atoms with Crippen LogP contribution in [-0.4, -0.2) is 13.1 Å². The first-order chi connectivity index (χ1) is 4.43. The van der Waals surface area contributed by atoms with Crippen molar-refractivity contribution in [2.24, 2.45) is 0 Å². The minimum absolute atomic E-state index is 1.06. The molecule has 1 nitrogen and oxygen atoms in total. The zero-order valence-corrected chi connectivity index (χ0v) is 5.90. The van der Waals surface area contributed by atoms with Crippen molar-refractivity contribution in [3.05, 3.63) is 18.2 Å². The number of nitrogens with zero attached hydrogens (tertiary/aromatic N) is 1. The van der Waals surface area contributed by atoms with Crippen molar-refractivity contribution in [1.29, 1.82) is 0 Å². The van der Waals surface area contributed by atoms with E-state index in [4.69, 9.17) is 0 Å². The molecular formula is C8H14N. The highest BCUT2D eigenvalue weighted by Crippen LogP contribution is 2.23. The number of hydrogen-bond acceptors (Lipinski definition) is 0. The molecule has 1 rings (SSSR count). The Kier molecular flexibility index (Phi) is 2.92. The van der Waals surface area contributed by atoms with E-state index in [0.29, 0.717) is 0 Å². The second-order valence-electron chi connectivity index (χ2n) is 2.52. The van der Waals surface area contributed by atoms with Crippen LogP contribution in [0, 0.1) is 12.8 Å². The molecule has 0 aromatic heterocycles. The predicted octanol–water partition coefficient (Wildman–Crippen LogP) is 2.34. The summed E-state index contributed by atoms with van der Waals surface area (Å²) in [5.41, 5.74) is 0. The van der Waals surface area contributed by atoms with Crippen molar-refractivity contribution in [1.82, 2.24) is 0 Å². The first kappa shape index (κ1) is 6.94. The molecule has 1 fully saturated rings. The summed E-state index contributed by atoms with van der Waals surface area (Å²) in [7, 11) is 0. The maximum atomic E-state index is 4.27. The molecule has 0 aliphatic carbocycles. The van der Waals surface area contributed by atoms with Crippen LogP contribution in [-0.2, 0) is 0 Å². The van der Waals surface area contributed by atoms with Gasteiger partial charge in [0.05, 0.1) is 13.3 Å². The lowest BCUT2D eigenvalue weighted by Crippen LogP contribution is -2.09. The van der Waals surface area contributed by atoms with Crippen LogP contribution in [0.2, 0.25) is 0 Å². The molecule has 0 aromatic carbocycles. The molecule has 9 heavy (non-hydrogen) atoms. The van der Waals surface area contributed by atoms with Gasteiger partial charge in [-0.25, -0.2) is 0 Å². The smallest absolute Gasteiger partial charge is 0.0856 e. The van der Waals surface area contributed by atoms with Crippen LogP contribution in [0.4, 0.5) is 0 Å². The van der Waals surface area contributed by atoms with Crippen molar-refractivity contribution in [2.45, 2.75) is 25.7 Å². The number of hydrogen-bond donors (Lipinski definition) is 0. The Morgan fingerprint density at radius 3 is 2.56 bits per heavy atom. The Morgan fingerprint density at radius 1 is 1.33 bits per heavy atom. The fourth-order valence-electron chi connectivity index (χ4n) is 1.21. The molecule has 0 atom stereocenters. The molecule has 0 N–H and O–H groups in total. The maximum Gasteiger partial charge on any atom is 0.0856 e. The summed E-state index contributed by atoms with van der Waals surface area (Å²) in [5.74, 6) is 1.68. The van der Waals surface area contributed by atoms with E-state index in [0.717, 1.165) is 19.5 Å². The summed E-state index contributed by atoms with van der Waals surface area (Å²) < 4.78 is 0. The fourth-order valence-corrected chi connectivity index (χ4v) is 1.21. The third-order valence-electron chi connectivity index (χ3n) is 1.78. The number of piperidine rings is 1. The molecule has 1 heteroatoms. The van der Waals surface area contributed by atoms with Gasteiger partial charge in [-0.1, -0.05) is 12.8 Å². The molecule has 1 aliphatic rings. The lowest BCUT2D eigenvalue weighted by atomic mass is 9.94. The average Bonchev–Trinajstić information content (AvgIpc) is 1.91. The highest BCUT2D eigenvalue weighted by molar-refractivity contribution is 5.02. The van der Waals surface area contributed by atoms with E-state index in [2.05, 4.69) is 12.2 Å². The van der Waals surface area contributed by atoms with Gasteiger partial charge in [-0.2, -0.15) is 0 Å². The largest absolute Gasteiger partial charge is 0.662 e. The van der Waals surface area contributed by atoms with E-state index < -0.39 is 0 Å². The molecule has 0 saturated carbocycles. The van der Waals surface area contributed by atoms with Crippen LogP contribution in [0.25, 0.3) is 5.32 Å². The van der Waals surface area contributed by atoms with Crippen molar-refractivity contribution in [3.63, 3.8) is 0 Å². The van der Waals surface area contributed by atoms with Gasteiger partial charge in [0.25, 0.3) is 0 Å². The summed E-state index contributed by atoms with van der Waals surface area (Å²) in [5, 5.41) is 4.27. The monoisotopic (exact) mass is 124 g/mol. The molecule has 1 radical (unpaired) electrons. The molecule has 1 saturated heterocycles. The minimum atomic E-state index is 1.06. The Balaban J connectivity index is 2.08. The SMILES string of the molecule is [CH2+]CC[C]1CC[N-]CC1. The minimum Gasteiger partial charge on any atom is -0.662 e. The molecule has 0 aromatic rings. The van der Waals surface area contributed by atoms with Gasteiger partial charge in [-0.05, 0) is 12.3 Å². The van der Waals surface area contributed by atoms with Gasteiger partial charge in [0.15, 0.2) is 0 Å². The predicted molar refractivity (Wildman–Crippen MR) is 40.2 cm³/mol. The van der Waals surface area contributed by atoms with E-state index in [9.17, 15) is 0 Å². The van der Waals surface area contributed by atoms with Gasteiger partial charge in [0, 0.05) is 0 Å². The van der Waals surface area contributed by atoms with Crippen LogP contribution in [0.5, 0.6) is 0 Å². The van der Waals surface area contributed by atoms with Gasteiger partial charge in [-0.3, -0.25) is 0 Å². The van der Waals surface area contributed by atoms with Crippen LogP contribution in [0.15, 0.2) is 0 Å². The third kappa shape index (κ3) is 2.27. The van der Waals surface area contributed by atoms with Gasteiger partial charge in [-0.15, -0.1) is 13.1 Å². The first-order valence-corrected chi connectivity index (χ1v) is 3.69. The lowest BCUT2D eigenvalue weighted by Gasteiger charge is -2.30. The summed E-state index contributed by atoms with van der Waals surface area (Å²) in [6.07, 6.45) is 4.76. The molecule has 0 amide bonds. The van der Waals surface area contributed by atoms with E-state index in [1.807, 2.05) is 0 Å².